The molecule has 1 saturated carbocycles. The minimum absolute atomic E-state index is 0.194. The summed E-state index contributed by atoms with van der Waals surface area (Å²) in [6.45, 7) is 5.55. The normalized spacial score (nSPS) is 32.1. The van der Waals surface area contributed by atoms with Crippen LogP contribution < -0.4 is 0 Å². The Kier molecular flexibility index (Phi) is 2.51. The van der Waals surface area contributed by atoms with E-state index in [1.807, 2.05) is 20.8 Å². The fourth-order valence-corrected chi connectivity index (χ4v) is 2.20. The molecule has 1 N–H and O–H groups in total. The van der Waals surface area contributed by atoms with Crippen molar-refractivity contribution < 1.29 is 14.7 Å². The van der Waals surface area contributed by atoms with Gasteiger partial charge in [0.05, 0.1) is 12.1 Å². The van der Waals surface area contributed by atoms with Crippen molar-refractivity contribution in [2.45, 2.75) is 58.3 Å². The molecule has 2 rings (SSSR count). The van der Waals surface area contributed by atoms with E-state index in [0.29, 0.717) is 0 Å². The topological polar surface area (TPSA) is 49.8 Å². The lowest BCUT2D eigenvalue weighted by atomic mass is 9.88. The van der Waals surface area contributed by atoms with E-state index in [4.69, 9.17) is 4.84 Å². The summed E-state index contributed by atoms with van der Waals surface area (Å²) >= 11 is 0. The van der Waals surface area contributed by atoms with Crippen LogP contribution in [-0.2, 0) is 9.63 Å². The standard InChI is InChI=1S/C11H19NO3/c1-11(2,3)9(13)10(14)12-7-4-5-8(6-7)15-12/h7-9,13H,4-6H2,1-3H3/t7-,8+,9-/m0/s1. The van der Waals surface area contributed by atoms with Crippen molar-refractivity contribution in [2.24, 2.45) is 5.41 Å². The molecule has 0 aromatic carbocycles. The first-order chi connectivity index (χ1) is 6.89. The van der Waals surface area contributed by atoms with Gasteiger partial charge >= 0.3 is 0 Å². The number of rotatable bonds is 1. The molecule has 0 aromatic heterocycles. The fraction of sp³-hybridized carbons (Fsp3) is 0.909. The van der Waals surface area contributed by atoms with Crippen molar-refractivity contribution in [3.63, 3.8) is 0 Å². The highest BCUT2D eigenvalue weighted by atomic mass is 16.7. The first kappa shape index (κ1) is 10.9. The Labute approximate surface area is 90.2 Å². The maximum absolute atomic E-state index is 11.9. The molecule has 1 aliphatic carbocycles. The molecule has 86 valence electrons. The van der Waals surface area contributed by atoms with E-state index < -0.39 is 11.5 Å². The minimum Gasteiger partial charge on any atom is -0.383 e. The van der Waals surface area contributed by atoms with Gasteiger partial charge < -0.3 is 5.11 Å². The highest BCUT2D eigenvalue weighted by Crippen LogP contribution is 2.36. The van der Waals surface area contributed by atoms with Gasteiger partial charge in [-0.25, -0.2) is 5.06 Å². The predicted molar refractivity (Wildman–Crippen MR) is 54.8 cm³/mol. The maximum atomic E-state index is 11.9. The van der Waals surface area contributed by atoms with Crippen molar-refractivity contribution >= 4 is 5.91 Å². The van der Waals surface area contributed by atoms with E-state index in [1.165, 1.54) is 5.06 Å². The Morgan fingerprint density at radius 2 is 2.13 bits per heavy atom. The van der Waals surface area contributed by atoms with Gasteiger partial charge in [0.15, 0.2) is 0 Å². The largest absolute Gasteiger partial charge is 0.383 e. The van der Waals surface area contributed by atoms with E-state index in [1.54, 1.807) is 0 Å². The summed E-state index contributed by atoms with van der Waals surface area (Å²) in [6, 6.07) is 0.194. The molecular weight excluding hydrogens is 194 g/mol. The van der Waals surface area contributed by atoms with Crippen LogP contribution in [0.3, 0.4) is 0 Å². The molecule has 1 saturated heterocycles. The Balaban J connectivity index is 2.03. The third-order valence-corrected chi connectivity index (χ3v) is 3.22. The Morgan fingerprint density at radius 1 is 1.47 bits per heavy atom. The Bertz CT molecular complexity index is 271. The first-order valence-corrected chi connectivity index (χ1v) is 5.57. The molecule has 0 unspecified atom stereocenters. The summed E-state index contributed by atoms with van der Waals surface area (Å²) in [5.41, 5.74) is -0.428. The molecule has 2 fully saturated rings. The van der Waals surface area contributed by atoms with Crippen LogP contribution in [0.15, 0.2) is 0 Å². The number of aliphatic hydroxyl groups excluding tert-OH is 1. The minimum atomic E-state index is -0.975. The fourth-order valence-electron chi connectivity index (χ4n) is 2.20. The average Bonchev–Trinajstić information content (AvgIpc) is 2.74. The van der Waals surface area contributed by atoms with Gasteiger partial charge in [0.25, 0.3) is 5.91 Å². The molecular formula is C11H19NO3. The highest BCUT2D eigenvalue weighted by molar-refractivity contribution is 5.81. The van der Waals surface area contributed by atoms with Crippen LogP contribution in [0.1, 0.15) is 40.0 Å². The second kappa shape index (κ2) is 3.46. The molecule has 4 heteroatoms. The third kappa shape index (κ3) is 1.88. The van der Waals surface area contributed by atoms with Gasteiger partial charge in [-0.1, -0.05) is 20.8 Å². The molecule has 2 bridgehead atoms. The van der Waals surface area contributed by atoms with Crippen LogP contribution in [0.5, 0.6) is 0 Å². The lowest BCUT2D eigenvalue weighted by molar-refractivity contribution is -0.210. The highest BCUT2D eigenvalue weighted by Gasteiger charge is 2.45. The summed E-state index contributed by atoms with van der Waals surface area (Å²) in [5.74, 6) is -0.283. The number of fused-ring (bicyclic) bond motifs is 2. The quantitative estimate of drug-likeness (QED) is 0.709. The second-order valence-corrected chi connectivity index (χ2v) is 5.63. The van der Waals surface area contributed by atoms with E-state index in [-0.39, 0.29) is 18.1 Å². The molecule has 3 atom stereocenters. The molecule has 4 nitrogen and oxygen atoms in total. The molecule has 0 radical (unpaired) electrons. The molecule has 0 spiro atoms. The zero-order chi connectivity index (χ0) is 11.2. The summed E-state index contributed by atoms with van der Waals surface area (Å²) in [5, 5.41) is 11.3. The molecule has 1 heterocycles. The zero-order valence-corrected chi connectivity index (χ0v) is 9.56. The van der Waals surface area contributed by atoms with E-state index >= 15 is 0 Å². The van der Waals surface area contributed by atoms with Crippen LogP contribution in [0.25, 0.3) is 0 Å². The first-order valence-electron chi connectivity index (χ1n) is 5.57. The number of carbonyl (C=O) groups is 1. The second-order valence-electron chi connectivity index (χ2n) is 5.63. The van der Waals surface area contributed by atoms with Gasteiger partial charge in [-0.3, -0.25) is 9.63 Å². The van der Waals surface area contributed by atoms with Gasteiger partial charge in [-0.15, -0.1) is 0 Å². The molecule has 1 amide bonds. The van der Waals surface area contributed by atoms with Gasteiger partial charge in [-0.2, -0.15) is 0 Å². The van der Waals surface area contributed by atoms with Crippen LogP contribution in [0.2, 0.25) is 0 Å². The van der Waals surface area contributed by atoms with Crippen molar-refractivity contribution in [1.29, 1.82) is 0 Å². The van der Waals surface area contributed by atoms with Crippen molar-refractivity contribution in [2.75, 3.05) is 0 Å². The molecule has 1 aliphatic heterocycles. The van der Waals surface area contributed by atoms with Gasteiger partial charge in [0, 0.05) is 0 Å². The van der Waals surface area contributed by atoms with Crippen LogP contribution in [0.4, 0.5) is 0 Å². The summed E-state index contributed by atoms with van der Waals surface area (Å²) in [7, 11) is 0. The lowest BCUT2D eigenvalue weighted by Crippen LogP contribution is -2.47. The zero-order valence-electron chi connectivity index (χ0n) is 9.56. The number of hydrogen-bond donors (Lipinski definition) is 1. The lowest BCUT2D eigenvalue weighted by Gasteiger charge is -2.32. The number of nitrogens with zero attached hydrogens (tertiary/aromatic N) is 1. The van der Waals surface area contributed by atoms with E-state index in [9.17, 15) is 9.90 Å². The summed E-state index contributed by atoms with van der Waals surface area (Å²) in [4.78, 5) is 17.4. The van der Waals surface area contributed by atoms with Crippen LogP contribution in [0, 0.1) is 5.41 Å². The SMILES string of the molecule is CC(C)(C)[C@@H](O)C(=O)N1O[C@@H]2CC[C@H]1C2. The van der Waals surface area contributed by atoms with Crippen LogP contribution in [-0.4, -0.2) is 34.3 Å². The summed E-state index contributed by atoms with van der Waals surface area (Å²) in [6.07, 6.45) is 2.21. The van der Waals surface area contributed by atoms with Gasteiger partial charge in [0.2, 0.25) is 0 Å². The molecule has 0 aromatic rings. The average molecular weight is 213 g/mol. The molecule has 2 aliphatic rings. The number of aliphatic hydroxyl groups is 1. The number of hydroxylamine groups is 2. The number of hydrogen-bond acceptors (Lipinski definition) is 3. The molecule has 15 heavy (non-hydrogen) atoms. The Morgan fingerprint density at radius 3 is 2.53 bits per heavy atom. The smallest absolute Gasteiger partial charge is 0.275 e. The van der Waals surface area contributed by atoms with Gasteiger partial charge in [0.1, 0.15) is 6.10 Å². The summed E-state index contributed by atoms with van der Waals surface area (Å²) < 4.78 is 0. The van der Waals surface area contributed by atoms with Crippen molar-refractivity contribution in [3.05, 3.63) is 0 Å². The maximum Gasteiger partial charge on any atom is 0.275 e. The van der Waals surface area contributed by atoms with Crippen LogP contribution >= 0.6 is 0 Å². The number of carbonyl (C=O) groups excluding carboxylic acids is 1. The van der Waals surface area contributed by atoms with Crippen molar-refractivity contribution in [1.82, 2.24) is 5.06 Å². The number of amides is 1. The van der Waals surface area contributed by atoms with E-state index in [2.05, 4.69) is 0 Å². The van der Waals surface area contributed by atoms with Gasteiger partial charge in [-0.05, 0) is 24.7 Å². The Hall–Kier alpha value is -0.610. The predicted octanol–water partition coefficient (Wildman–Crippen LogP) is 1.09. The van der Waals surface area contributed by atoms with E-state index in [0.717, 1.165) is 19.3 Å². The third-order valence-electron chi connectivity index (χ3n) is 3.22. The monoisotopic (exact) mass is 213 g/mol. The van der Waals surface area contributed by atoms with Crippen molar-refractivity contribution in [3.8, 4) is 0 Å².